The van der Waals surface area contributed by atoms with Crippen molar-refractivity contribution in [2.45, 2.75) is 64.6 Å². The van der Waals surface area contributed by atoms with Crippen LogP contribution < -0.4 is 20.4 Å². The first kappa shape index (κ1) is 47.0. The molecule has 1 heterocycles. The van der Waals surface area contributed by atoms with Crippen LogP contribution in [-0.2, 0) is 29.0 Å². The summed E-state index contributed by atoms with van der Waals surface area (Å²) in [6.45, 7) is 8.95. The van der Waals surface area contributed by atoms with Crippen molar-refractivity contribution in [2.24, 2.45) is 0 Å². The second-order valence-electron chi connectivity index (χ2n) is 15.9. The van der Waals surface area contributed by atoms with Gasteiger partial charge in [0.15, 0.2) is 0 Å². The number of halogens is 3. The number of hydrogen-bond acceptors (Lipinski definition) is 10. The second kappa shape index (κ2) is 19.9. The van der Waals surface area contributed by atoms with Crippen LogP contribution in [0.15, 0.2) is 154 Å². The van der Waals surface area contributed by atoms with Gasteiger partial charge in [0.25, 0.3) is 34.1 Å². The number of sulfonamides is 1. The Morgan fingerprint density at radius 1 is 0.839 bits per heavy atom. The van der Waals surface area contributed by atoms with Gasteiger partial charge in [-0.15, -0.1) is 11.8 Å². The number of morpholine rings is 1. The number of nitrogens with one attached hydrogen (secondary N) is 2. The Labute approximate surface area is 367 Å². The summed E-state index contributed by atoms with van der Waals surface area (Å²) in [5, 5.41) is 5.08. The Balaban J connectivity index is 1.23. The number of rotatable bonds is 17. The minimum atomic E-state index is -6.08. The van der Waals surface area contributed by atoms with Crippen LogP contribution in [0.1, 0.15) is 37.6 Å². The maximum atomic E-state index is 14.2. The largest absolute Gasteiger partial charge is 0.501 e. The fourth-order valence-electron chi connectivity index (χ4n) is 7.50. The maximum Gasteiger partial charge on any atom is 0.501 e. The first-order chi connectivity index (χ1) is 29.4. The number of anilines is 1. The summed E-state index contributed by atoms with van der Waals surface area (Å²) in [6, 6.07) is 39.1. The molecule has 0 bridgehead atoms. The van der Waals surface area contributed by atoms with Crippen LogP contribution in [0, 0.1) is 0 Å². The number of ether oxygens (including phenoxy) is 1. The molecule has 2 N–H and O–H groups in total. The summed E-state index contributed by atoms with van der Waals surface area (Å²) in [5.41, 5.74) is -6.20. The predicted octanol–water partition coefficient (Wildman–Crippen LogP) is 7.34. The molecule has 0 radical (unpaired) electrons. The monoisotopic (exact) mass is 925 g/mol. The molecule has 0 saturated carbocycles. The van der Waals surface area contributed by atoms with Crippen LogP contribution >= 0.6 is 11.8 Å². The normalized spacial score (nSPS) is 16.1. The van der Waals surface area contributed by atoms with E-state index in [1.807, 2.05) is 71.5 Å². The van der Waals surface area contributed by atoms with Crippen LogP contribution in [-0.4, -0.2) is 92.2 Å². The van der Waals surface area contributed by atoms with Crippen LogP contribution in [0.5, 0.6) is 0 Å². The average Bonchev–Trinajstić information content (AvgIpc) is 3.25. The highest BCUT2D eigenvalue weighted by molar-refractivity contribution is 7.99. The Hall–Kier alpha value is -4.49. The molecule has 6 rings (SSSR count). The van der Waals surface area contributed by atoms with E-state index in [1.165, 1.54) is 36.0 Å². The number of alkyl halides is 3. The van der Waals surface area contributed by atoms with Crippen LogP contribution in [0.25, 0.3) is 0 Å². The lowest BCUT2D eigenvalue weighted by molar-refractivity contribution is -0.0498. The third kappa shape index (κ3) is 11.2. The van der Waals surface area contributed by atoms with Gasteiger partial charge in [-0.1, -0.05) is 118 Å². The Morgan fingerprint density at radius 2 is 1.40 bits per heavy atom. The highest BCUT2D eigenvalue weighted by Crippen LogP contribution is 2.38. The molecule has 330 valence electrons. The van der Waals surface area contributed by atoms with Crippen LogP contribution in [0.4, 0.5) is 18.9 Å². The Morgan fingerprint density at radius 3 is 1.97 bits per heavy atom. The van der Waals surface area contributed by atoms with Crippen LogP contribution in [0.3, 0.4) is 0 Å². The molecule has 1 aliphatic heterocycles. The quantitative estimate of drug-likeness (QED) is 0.0722. The summed E-state index contributed by atoms with van der Waals surface area (Å²) >= 11 is 1.44. The van der Waals surface area contributed by atoms with E-state index >= 15 is 0 Å². The zero-order valence-corrected chi connectivity index (χ0v) is 38.0. The molecule has 0 aliphatic carbocycles. The molecule has 0 unspecified atom stereocenters. The van der Waals surface area contributed by atoms with Crippen molar-refractivity contribution in [3.05, 3.63) is 145 Å². The fourth-order valence-corrected chi connectivity index (χ4v) is 15.1. The number of hydrogen-bond donors (Lipinski definition) is 2. The van der Waals surface area contributed by atoms with Crippen molar-refractivity contribution < 1.29 is 44.0 Å². The van der Waals surface area contributed by atoms with Gasteiger partial charge in [-0.2, -0.15) is 13.2 Å². The van der Waals surface area contributed by atoms with Gasteiger partial charge in [-0.05, 0) is 64.3 Å². The lowest BCUT2D eigenvalue weighted by Gasteiger charge is -2.44. The van der Waals surface area contributed by atoms with Crippen molar-refractivity contribution >= 4 is 61.9 Å². The summed E-state index contributed by atoms with van der Waals surface area (Å²) in [4.78, 5) is 13.7. The molecule has 17 heteroatoms. The maximum absolute atomic E-state index is 14.2. The Bertz CT molecular complexity index is 2440. The van der Waals surface area contributed by atoms with E-state index in [2.05, 4.69) is 55.3 Å². The average molecular weight is 926 g/mol. The van der Waals surface area contributed by atoms with E-state index < -0.39 is 61.1 Å². The van der Waals surface area contributed by atoms with Gasteiger partial charge in [0.05, 0.1) is 29.9 Å². The number of carbonyl (C=O) groups excluding carboxylic acids is 1. The van der Waals surface area contributed by atoms with E-state index in [0.717, 1.165) is 27.4 Å². The summed E-state index contributed by atoms with van der Waals surface area (Å²) in [7, 11) is -13.7. The number of nitrogens with zero attached hydrogens (tertiary/aromatic N) is 1. The van der Waals surface area contributed by atoms with E-state index in [-0.39, 0.29) is 16.7 Å². The van der Waals surface area contributed by atoms with Crippen molar-refractivity contribution in [1.82, 2.24) is 9.62 Å². The molecule has 1 aliphatic rings. The van der Waals surface area contributed by atoms with Gasteiger partial charge in [-0.3, -0.25) is 9.69 Å². The SMILES string of the molecule is CC(C)(C)[Si](OC[C@H]1CN(CC[C@H](CSc2ccccc2)Nc2ccc(S(=O)(=O)NC(=O)c3ccccc3)cc2S(=O)(=O)C(F)(F)F)CCO1)(c1ccccc1)c1ccccc1. The first-order valence-corrected chi connectivity index (χ1v) is 25.9. The number of carbonyl (C=O) groups is 1. The van der Waals surface area contributed by atoms with Crippen LogP contribution in [0.2, 0.25) is 5.04 Å². The molecule has 1 saturated heterocycles. The molecule has 62 heavy (non-hydrogen) atoms. The molecular weight excluding hydrogens is 876 g/mol. The summed E-state index contributed by atoms with van der Waals surface area (Å²) < 4.78 is 111. The van der Waals surface area contributed by atoms with Crippen molar-refractivity contribution in [2.75, 3.05) is 43.9 Å². The van der Waals surface area contributed by atoms with Crippen molar-refractivity contribution in [3.8, 4) is 0 Å². The molecule has 5 aromatic rings. The molecule has 0 spiro atoms. The zero-order chi connectivity index (χ0) is 44.6. The predicted molar refractivity (Wildman–Crippen MR) is 240 cm³/mol. The highest BCUT2D eigenvalue weighted by atomic mass is 32.2. The second-order valence-corrected chi connectivity index (χ2v) is 24.9. The van der Waals surface area contributed by atoms with E-state index in [9.17, 15) is 34.8 Å². The summed E-state index contributed by atoms with van der Waals surface area (Å²) in [5.74, 6) is -0.709. The highest BCUT2D eigenvalue weighted by Gasteiger charge is 2.51. The summed E-state index contributed by atoms with van der Waals surface area (Å²) in [6.07, 6.45) is 0.0942. The fraction of sp³-hybridized carbons (Fsp3) is 0.311. The van der Waals surface area contributed by atoms with Gasteiger partial charge >= 0.3 is 5.51 Å². The Kier molecular flexibility index (Phi) is 15.1. The van der Waals surface area contributed by atoms with Gasteiger partial charge < -0.3 is 14.5 Å². The van der Waals surface area contributed by atoms with Gasteiger partial charge in [0.1, 0.15) is 4.90 Å². The number of thioether (sulfide) groups is 1. The molecule has 5 aromatic carbocycles. The van der Waals surface area contributed by atoms with Crippen molar-refractivity contribution in [1.29, 1.82) is 0 Å². The van der Waals surface area contributed by atoms with E-state index in [4.69, 9.17) is 9.16 Å². The third-order valence-electron chi connectivity index (χ3n) is 10.6. The topological polar surface area (TPSA) is 131 Å². The van der Waals surface area contributed by atoms with Crippen molar-refractivity contribution in [3.63, 3.8) is 0 Å². The number of benzene rings is 5. The number of sulfone groups is 1. The third-order valence-corrected chi connectivity index (χ3v) is 19.6. The molecule has 1 amide bonds. The minimum absolute atomic E-state index is 0.0189. The first-order valence-electron chi connectivity index (χ1n) is 20.0. The molecular formula is C45H50F3N3O7S3Si. The standard InChI is InChI=1S/C45H50F3N3O7S3Si/c1-44(2,3)62(39-20-12-6-13-21-39,40-22-14-7-15-23-40)58-32-36-31-51(28-29-57-36)27-26-35(33-59-37-18-10-5-11-19-37)49-41-25-24-38(30-42(41)60(53,54)45(46,47)48)61(55,56)50-43(52)34-16-8-4-9-17-34/h4-25,30,35-36,49H,26-29,31-33H2,1-3H3,(H,50,52)/t35-,36-/m1/s1. The van der Waals surface area contributed by atoms with E-state index in [0.29, 0.717) is 51.1 Å². The van der Waals surface area contributed by atoms with Gasteiger partial charge in [0.2, 0.25) is 0 Å². The zero-order valence-electron chi connectivity index (χ0n) is 34.5. The molecule has 1 fully saturated rings. The lowest BCUT2D eigenvalue weighted by atomic mass is 10.2. The van der Waals surface area contributed by atoms with Gasteiger partial charge in [0, 0.05) is 41.9 Å². The lowest BCUT2D eigenvalue weighted by Crippen LogP contribution is -2.67. The minimum Gasteiger partial charge on any atom is -0.405 e. The van der Waals surface area contributed by atoms with E-state index in [1.54, 1.807) is 6.07 Å². The van der Waals surface area contributed by atoms with Gasteiger partial charge in [-0.25, -0.2) is 21.6 Å². The number of amides is 1. The molecule has 10 nitrogen and oxygen atoms in total. The molecule has 2 atom stereocenters. The smallest absolute Gasteiger partial charge is 0.405 e. The molecule has 0 aromatic heterocycles.